The Balaban J connectivity index is 2.99. The SMILES string of the molecule is C=CCSc1cc(NCCC)nc(C(C)(C)C)n1. The zero-order valence-corrected chi connectivity index (χ0v) is 12.6. The predicted octanol–water partition coefficient (Wildman–Crippen LogP) is 3.87. The van der Waals surface area contributed by atoms with Crippen molar-refractivity contribution in [3.8, 4) is 0 Å². The number of anilines is 1. The largest absolute Gasteiger partial charge is 0.370 e. The van der Waals surface area contributed by atoms with Gasteiger partial charge in [-0.1, -0.05) is 33.8 Å². The van der Waals surface area contributed by atoms with Crippen molar-refractivity contribution in [1.82, 2.24) is 9.97 Å². The van der Waals surface area contributed by atoms with Crippen LogP contribution in [0, 0.1) is 0 Å². The second-order valence-electron chi connectivity index (χ2n) is 5.19. The lowest BCUT2D eigenvalue weighted by molar-refractivity contribution is 0.539. The lowest BCUT2D eigenvalue weighted by Crippen LogP contribution is -2.18. The number of hydrogen-bond donors (Lipinski definition) is 1. The van der Waals surface area contributed by atoms with Crippen molar-refractivity contribution < 1.29 is 0 Å². The topological polar surface area (TPSA) is 37.8 Å². The van der Waals surface area contributed by atoms with Gasteiger partial charge < -0.3 is 5.32 Å². The van der Waals surface area contributed by atoms with Gasteiger partial charge in [0.05, 0.1) is 0 Å². The van der Waals surface area contributed by atoms with Crippen LogP contribution in [0.5, 0.6) is 0 Å². The predicted molar refractivity (Wildman–Crippen MR) is 80.4 cm³/mol. The fourth-order valence-electron chi connectivity index (χ4n) is 1.32. The zero-order chi connectivity index (χ0) is 13.6. The lowest BCUT2D eigenvalue weighted by atomic mass is 9.96. The van der Waals surface area contributed by atoms with Crippen LogP contribution in [0.3, 0.4) is 0 Å². The fourth-order valence-corrected chi connectivity index (χ4v) is 1.96. The Morgan fingerprint density at radius 3 is 2.67 bits per heavy atom. The molecule has 0 amide bonds. The number of rotatable bonds is 6. The second-order valence-corrected chi connectivity index (χ2v) is 6.23. The summed E-state index contributed by atoms with van der Waals surface area (Å²) in [7, 11) is 0. The van der Waals surface area contributed by atoms with Crippen molar-refractivity contribution in [3.63, 3.8) is 0 Å². The van der Waals surface area contributed by atoms with Crippen molar-refractivity contribution in [2.45, 2.75) is 44.6 Å². The minimum Gasteiger partial charge on any atom is -0.370 e. The fraction of sp³-hybridized carbons (Fsp3) is 0.571. The first-order chi connectivity index (χ1) is 8.47. The molecular formula is C14H23N3S. The minimum atomic E-state index is -0.0343. The molecule has 0 unspecified atom stereocenters. The summed E-state index contributed by atoms with van der Waals surface area (Å²) in [6.07, 6.45) is 2.98. The molecule has 1 N–H and O–H groups in total. The molecule has 0 radical (unpaired) electrons. The van der Waals surface area contributed by atoms with Crippen molar-refractivity contribution in [2.24, 2.45) is 0 Å². The van der Waals surface area contributed by atoms with E-state index in [1.807, 2.05) is 12.1 Å². The van der Waals surface area contributed by atoms with E-state index in [4.69, 9.17) is 0 Å². The highest BCUT2D eigenvalue weighted by molar-refractivity contribution is 7.99. The third-order valence-electron chi connectivity index (χ3n) is 2.28. The monoisotopic (exact) mass is 265 g/mol. The Bertz CT molecular complexity index is 397. The molecule has 0 aliphatic heterocycles. The Kier molecular flexibility index (Phi) is 5.66. The van der Waals surface area contributed by atoms with Gasteiger partial charge >= 0.3 is 0 Å². The van der Waals surface area contributed by atoms with Crippen LogP contribution in [0.4, 0.5) is 5.82 Å². The van der Waals surface area contributed by atoms with Crippen molar-refractivity contribution in [2.75, 3.05) is 17.6 Å². The normalized spacial score (nSPS) is 11.3. The van der Waals surface area contributed by atoms with Gasteiger partial charge in [-0.05, 0) is 6.42 Å². The molecule has 0 atom stereocenters. The number of nitrogens with one attached hydrogen (secondary N) is 1. The Morgan fingerprint density at radius 2 is 2.11 bits per heavy atom. The van der Waals surface area contributed by atoms with E-state index in [0.29, 0.717) is 0 Å². The smallest absolute Gasteiger partial charge is 0.137 e. The van der Waals surface area contributed by atoms with Crippen LogP contribution in [-0.2, 0) is 5.41 Å². The third-order valence-corrected chi connectivity index (χ3v) is 3.19. The van der Waals surface area contributed by atoms with Crippen LogP contribution >= 0.6 is 11.8 Å². The number of nitrogens with zero attached hydrogens (tertiary/aromatic N) is 2. The highest BCUT2D eigenvalue weighted by Crippen LogP contribution is 2.24. The van der Waals surface area contributed by atoms with Crippen LogP contribution < -0.4 is 5.32 Å². The standard InChI is InChI=1S/C14H23N3S/c1-6-8-15-11-10-12(18-9-7-2)17-13(16-11)14(3,4)5/h7,10H,2,6,8-9H2,1,3-5H3,(H,15,16,17). The highest BCUT2D eigenvalue weighted by atomic mass is 32.2. The molecule has 0 aromatic carbocycles. The van der Waals surface area contributed by atoms with Crippen molar-refractivity contribution >= 4 is 17.6 Å². The van der Waals surface area contributed by atoms with E-state index in [2.05, 4.69) is 49.6 Å². The highest BCUT2D eigenvalue weighted by Gasteiger charge is 2.19. The first kappa shape index (κ1) is 15.0. The maximum absolute atomic E-state index is 4.61. The molecular weight excluding hydrogens is 242 g/mol. The zero-order valence-electron chi connectivity index (χ0n) is 11.8. The summed E-state index contributed by atoms with van der Waals surface area (Å²) in [5, 5.41) is 4.34. The molecule has 0 saturated heterocycles. The Hall–Kier alpha value is -1.03. The molecule has 3 nitrogen and oxygen atoms in total. The molecule has 0 bridgehead atoms. The number of aromatic nitrogens is 2. The summed E-state index contributed by atoms with van der Waals surface area (Å²) >= 11 is 1.69. The van der Waals surface area contributed by atoms with Gasteiger partial charge in [-0.3, -0.25) is 0 Å². The van der Waals surface area contributed by atoms with E-state index in [-0.39, 0.29) is 5.41 Å². The van der Waals surface area contributed by atoms with Crippen molar-refractivity contribution in [3.05, 3.63) is 24.5 Å². The summed E-state index contributed by atoms with van der Waals surface area (Å²) in [5.74, 6) is 2.67. The Labute approximate surface area is 115 Å². The van der Waals surface area contributed by atoms with Gasteiger partial charge in [0.2, 0.25) is 0 Å². The lowest BCUT2D eigenvalue weighted by Gasteiger charge is -2.18. The first-order valence-electron chi connectivity index (χ1n) is 6.34. The third kappa shape index (κ3) is 4.69. The van der Waals surface area contributed by atoms with E-state index < -0.39 is 0 Å². The molecule has 1 heterocycles. The van der Waals surface area contributed by atoms with Crippen LogP contribution in [0.15, 0.2) is 23.7 Å². The van der Waals surface area contributed by atoms with Crippen LogP contribution in [0.25, 0.3) is 0 Å². The van der Waals surface area contributed by atoms with Gasteiger partial charge in [-0.15, -0.1) is 18.3 Å². The molecule has 1 rings (SSSR count). The van der Waals surface area contributed by atoms with E-state index >= 15 is 0 Å². The molecule has 0 fully saturated rings. The molecule has 0 saturated carbocycles. The van der Waals surface area contributed by atoms with Gasteiger partial charge in [0, 0.05) is 23.8 Å². The molecule has 1 aromatic rings. The molecule has 0 aliphatic rings. The molecule has 100 valence electrons. The quantitative estimate of drug-likeness (QED) is 0.481. The molecule has 0 aliphatic carbocycles. The summed E-state index contributed by atoms with van der Waals surface area (Å²) in [6.45, 7) is 13.2. The van der Waals surface area contributed by atoms with E-state index in [0.717, 1.165) is 35.4 Å². The molecule has 1 aromatic heterocycles. The summed E-state index contributed by atoms with van der Waals surface area (Å²) in [5.41, 5.74) is -0.0343. The van der Waals surface area contributed by atoms with Gasteiger partial charge in [0.25, 0.3) is 0 Å². The van der Waals surface area contributed by atoms with Crippen LogP contribution in [0.1, 0.15) is 39.9 Å². The van der Waals surface area contributed by atoms with Gasteiger partial charge in [-0.25, -0.2) is 9.97 Å². The van der Waals surface area contributed by atoms with Gasteiger partial charge in [0.1, 0.15) is 16.7 Å². The maximum atomic E-state index is 4.61. The molecule has 0 spiro atoms. The van der Waals surface area contributed by atoms with Gasteiger partial charge in [0.15, 0.2) is 0 Å². The van der Waals surface area contributed by atoms with Crippen molar-refractivity contribution in [1.29, 1.82) is 0 Å². The van der Waals surface area contributed by atoms with E-state index in [1.54, 1.807) is 11.8 Å². The second kappa shape index (κ2) is 6.78. The van der Waals surface area contributed by atoms with E-state index in [1.165, 1.54) is 0 Å². The summed E-state index contributed by atoms with van der Waals surface area (Å²) < 4.78 is 0. The number of hydrogen-bond acceptors (Lipinski definition) is 4. The molecule has 4 heteroatoms. The average Bonchev–Trinajstić information content (AvgIpc) is 2.32. The minimum absolute atomic E-state index is 0.0343. The average molecular weight is 265 g/mol. The number of thioether (sulfide) groups is 1. The maximum Gasteiger partial charge on any atom is 0.137 e. The molecule has 18 heavy (non-hydrogen) atoms. The van der Waals surface area contributed by atoms with Crippen LogP contribution in [0.2, 0.25) is 0 Å². The van der Waals surface area contributed by atoms with Gasteiger partial charge in [-0.2, -0.15) is 0 Å². The van der Waals surface area contributed by atoms with E-state index in [9.17, 15) is 0 Å². The van der Waals surface area contributed by atoms with Crippen LogP contribution in [-0.4, -0.2) is 22.3 Å². The first-order valence-corrected chi connectivity index (χ1v) is 7.33. The summed E-state index contributed by atoms with van der Waals surface area (Å²) in [6, 6.07) is 2.01. The summed E-state index contributed by atoms with van der Waals surface area (Å²) in [4.78, 5) is 9.20. The Morgan fingerprint density at radius 1 is 1.39 bits per heavy atom.